The van der Waals surface area contributed by atoms with Crippen molar-refractivity contribution < 1.29 is 13.2 Å². The van der Waals surface area contributed by atoms with Crippen molar-refractivity contribution >= 4 is 34.6 Å². The predicted octanol–water partition coefficient (Wildman–Crippen LogP) is 4.85. The normalized spacial score (nSPS) is 11.5. The number of hydrogen-bond donors (Lipinski definition) is 1. The Hall–Kier alpha value is -1.53. The second-order valence-electron chi connectivity index (χ2n) is 3.95. The molecule has 0 radical (unpaired) electrons. The fourth-order valence-corrected chi connectivity index (χ4v) is 2.08. The number of nitrogens with zero attached hydrogens (tertiary/aromatic N) is 2. The molecule has 0 amide bonds. The van der Waals surface area contributed by atoms with Gasteiger partial charge < -0.3 is 5.32 Å². The molecule has 2 aromatic rings. The molecule has 0 aliphatic carbocycles. The van der Waals surface area contributed by atoms with Crippen molar-refractivity contribution in [3.05, 3.63) is 46.0 Å². The number of halogens is 5. The van der Waals surface area contributed by atoms with Crippen LogP contribution in [0, 0.1) is 6.92 Å². The molecule has 0 spiro atoms. The molecular formula is C12H8Cl2F3N3. The average Bonchev–Trinajstić information content (AvgIpc) is 2.33. The zero-order valence-electron chi connectivity index (χ0n) is 10.1. The summed E-state index contributed by atoms with van der Waals surface area (Å²) in [5.74, 6) is 0. The molecule has 0 fully saturated rings. The highest BCUT2D eigenvalue weighted by Crippen LogP contribution is 2.33. The Labute approximate surface area is 122 Å². The van der Waals surface area contributed by atoms with E-state index in [2.05, 4.69) is 15.3 Å². The SMILES string of the molecule is Cc1nc(Cl)nc(Cl)c1Nc1cccc(C(F)(F)F)c1. The van der Waals surface area contributed by atoms with E-state index >= 15 is 0 Å². The van der Waals surface area contributed by atoms with E-state index < -0.39 is 11.7 Å². The highest BCUT2D eigenvalue weighted by atomic mass is 35.5. The van der Waals surface area contributed by atoms with Gasteiger partial charge in [-0.3, -0.25) is 0 Å². The van der Waals surface area contributed by atoms with Crippen molar-refractivity contribution in [3.63, 3.8) is 0 Å². The van der Waals surface area contributed by atoms with Crippen molar-refractivity contribution in [2.75, 3.05) is 5.32 Å². The highest BCUT2D eigenvalue weighted by Gasteiger charge is 2.30. The summed E-state index contributed by atoms with van der Waals surface area (Å²) in [4.78, 5) is 7.62. The predicted molar refractivity (Wildman–Crippen MR) is 71.5 cm³/mol. The van der Waals surface area contributed by atoms with E-state index in [9.17, 15) is 13.2 Å². The highest BCUT2D eigenvalue weighted by molar-refractivity contribution is 6.33. The Bertz CT molecular complexity index is 621. The van der Waals surface area contributed by atoms with Crippen molar-refractivity contribution in [2.45, 2.75) is 13.1 Å². The summed E-state index contributed by atoms with van der Waals surface area (Å²) in [7, 11) is 0. The Kier molecular flexibility index (Phi) is 4.06. The summed E-state index contributed by atoms with van der Waals surface area (Å²) < 4.78 is 37.9. The summed E-state index contributed by atoms with van der Waals surface area (Å²) in [5, 5.41) is 2.78. The molecule has 0 bridgehead atoms. The number of aryl methyl sites for hydroxylation is 1. The monoisotopic (exact) mass is 321 g/mol. The Morgan fingerprint density at radius 1 is 1.15 bits per heavy atom. The lowest BCUT2D eigenvalue weighted by molar-refractivity contribution is -0.137. The Balaban J connectivity index is 2.36. The molecule has 3 nitrogen and oxygen atoms in total. The average molecular weight is 322 g/mol. The third-order valence-electron chi connectivity index (χ3n) is 2.48. The fraction of sp³-hybridized carbons (Fsp3) is 0.167. The molecule has 8 heteroatoms. The maximum absolute atomic E-state index is 12.6. The van der Waals surface area contributed by atoms with Gasteiger partial charge in [-0.25, -0.2) is 9.97 Å². The van der Waals surface area contributed by atoms with Crippen molar-refractivity contribution in [1.82, 2.24) is 9.97 Å². The second kappa shape index (κ2) is 5.46. The first-order chi connectivity index (χ1) is 9.27. The van der Waals surface area contributed by atoms with Gasteiger partial charge in [0.15, 0.2) is 5.15 Å². The van der Waals surface area contributed by atoms with E-state index in [-0.39, 0.29) is 16.1 Å². The third-order valence-corrected chi connectivity index (χ3v) is 2.92. The van der Waals surface area contributed by atoms with Gasteiger partial charge in [0.1, 0.15) is 0 Å². The van der Waals surface area contributed by atoms with E-state index in [1.807, 2.05) is 0 Å². The van der Waals surface area contributed by atoms with Gasteiger partial charge in [-0.2, -0.15) is 13.2 Å². The van der Waals surface area contributed by atoms with E-state index in [0.717, 1.165) is 12.1 Å². The lowest BCUT2D eigenvalue weighted by Gasteiger charge is -2.12. The van der Waals surface area contributed by atoms with Crippen LogP contribution in [0.25, 0.3) is 0 Å². The van der Waals surface area contributed by atoms with Crippen LogP contribution in [-0.4, -0.2) is 9.97 Å². The zero-order chi connectivity index (χ0) is 14.9. The maximum Gasteiger partial charge on any atom is 0.416 e. The topological polar surface area (TPSA) is 37.8 Å². The number of rotatable bonds is 2. The maximum atomic E-state index is 12.6. The van der Waals surface area contributed by atoms with E-state index in [1.165, 1.54) is 12.1 Å². The zero-order valence-corrected chi connectivity index (χ0v) is 11.6. The molecule has 1 heterocycles. The van der Waals surface area contributed by atoms with Gasteiger partial charge >= 0.3 is 6.18 Å². The van der Waals surface area contributed by atoms with Crippen LogP contribution in [0.5, 0.6) is 0 Å². The van der Waals surface area contributed by atoms with Gasteiger partial charge in [-0.15, -0.1) is 0 Å². The Morgan fingerprint density at radius 3 is 2.45 bits per heavy atom. The van der Waals surface area contributed by atoms with Gasteiger partial charge in [-0.05, 0) is 36.7 Å². The number of alkyl halides is 3. The van der Waals surface area contributed by atoms with Crippen molar-refractivity contribution in [1.29, 1.82) is 0 Å². The third kappa shape index (κ3) is 3.32. The summed E-state index contributed by atoms with van der Waals surface area (Å²) in [5.41, 5.74) is 0.227. The first-order valence-electron chi connectivity index (χ1n) is 5.41. The summed E-state index contributed by atoms with van der Waals surface area (Å²) >= 11 is 11.5. The van der Waals surface area contributed by atoms with Crippen molar-refractivity contribution in [3.8, 4) is 0 Å². The molecular weight excluding hydrogens is 314 g/mol. The standard InChI is InChI=1S/C12H8Cl2F3N3/c1-6-9(10(13)20-11(14)18-6)19-8-4-2-3-7(5-8)12(15,16)17/h2-5,19H,1H3. The minimum Gasteiger partial charge on any atom is -0.352 e. The van der Waals surface area contributed by atoms with Crippen molar-refractivity contribution in [2.24, 2.45) is 0 Å². The van der Waals surface area contributed by atoms with Crippen LogP contribution in [0.2, 0.25) is 10.4 Å². The van der Waals surface area contributed by atoms with Gasteiger partial charge in [0, 0.05) is 5.69 Å². The molecule has 2 rings (SSSR count). The molecule has 20 heavy (non-hydrogen) atoms. The smallest absolute Gasteiger partial charge is 0.352 e. The summed E-state index contributed by atoms with van der Waals surface area (Å²) in [6, 6.07) is 4.74. The van der Waals surface area contributed by atoms with E-state index in [1.54, 1.807) is 6.92 Å². The largest absolute Gasteiger partial charge is 0.416 e. The number of nitrogens with one attached hydrogen (secondary N) is 1. The van der Waals surface area contributed by atoms with Crippen LogP contribution in [-0.2, 0) is 6.18 Å². The lowest BCUT2D eigenvalue weighted by Crippen LogP contribution is -2.06. The summed E-state index contributed by atoms with van der Waals surface area (Å²) in [6.45, 7) is 1.62. The van der Waals surface area contributed by atoms with Gasteiger partial charge in [-0.1, -0.05) is 17.7 Å². The fourth-order valence-electron chi connectivity index (χ4n) is 1.57. The first kappa shape index (κ1) is 14.9. The summed E-state index contributed by atoms with van der Waals surface area (Å²) in [6.07, 6.45) is -4.41. The molecule has 0 atom stereocenters. The molecule has 0 unspecified atom stereocenters. The minimum atomic E-state index is -4.41. The van der Waals surface area contributed by atoms with E-state index in [0.29, 0.717) is 11.4 Å². The van der Waals surface area contributed by atoms with Crippen LogP contribution in [0.1, 0.15) is 11.3 Å². The molecule has 1 N–H and O–H groups in total. The molecule has 0 saturated heterocycles. The Morgan fingerprint density at radius 2 is 1.85 bits per heavy atom. The van der Waals surface area contributed by atoms with Crippen LogP contribution < -0.4 is 5.32 Å². The lowest BCUT2D eigenvalue weighted by atomic mass is 10.2. The minimum absolute atomic E-state index is 0.0258. The first-order valence-corrected chi connectivity index (χ1v) is 6.17. The van der Waals surface area contributed by atoms with Crippen LogP contribution >= 0.6 is 23.2 Å². The number of hydrogen-bond acceptors (Lipinski definition) is 3. The van der Waals surface area contributed by atoms with Gasteiger partial charge in [0.05, 0.1) is 16.9 Å². The number of anilines is 2. The quantitative estimate of drug-likeness (QED) is 0.634. The second-order valence-corrected chi connectivity index (χ2v) is 4.64. The van der Waals surface area contributed by atoms with Gasteiger partial charge in [0.2, 0.25) is 5.28 Å². The molecule has 0 aliphatic rings. The molecule has 0 aliphatic heterocycles. The molecule has 1 aromatic carbocycles. The van der Waals surface area contributed by atoms with Crippen LogP contribution in [0.15, 0.2) is 24.3 Å². The van der Waals surface area contributed by atoms with E-state index in [4.69, 9.17) is 23.2 Å². The molecule has 0 saturated carbocycles. The number of benzene rings is 1. The van der Waals surface area contributed by atoms with Gasteiger partial charge in [0.25, 0.3) is 0 Å². The molecule has 1 aromatic heterocycles. The van der Waals surface area contributed by atoms with Crippen LogP contribution in [0.4, 0.5) is 24.5 Å². The number of aromatic nitrogens is 2. The molecule has 106 valence electrons. The van der Waals surface area contributed by atoms with Crippen LogP contribution in [0.3, 0.4) is 0 Å².